The van der Waals surface area contributed by atoms with Crippen LogP contribution >= 0.6 is 0 Å². The molecule has 0 fully saturated rings. The van der Waals surface area contributed by atoms with Crippen molar-refractivity contribution in [2.75, 3.05) is 6.54 Å². The molecule has 0 aromatic carbocycles. The van der Waals surface area contributed by atoms with Gasteiger partial charge in [-0.25, -0.2) is 9.78 Å². The van der Waals surface area contributed by atoms with Gasteiger partial charge in [0.2, 0.25) is 5.54 Å². The summed E-state index contributed by atoms with van der Waals surface area (Å²) in [6.07, 6.45) is -1.72. The standard InChI is InChI=1S/C10H14F3N3O2/c1-7-14-3-5-16(7)6-4-15-9(2,8(17)18)10(11,12)13/h3,5,15H,4,6H2,1-2H3,(H,17,18). The molecule has 5 nitrogen and oxygen atoms in total. The minimum absolute atomic E-state index is 0.125. The highest BCUT2D eigenvalue weighted by atomic mass is 19.4. The van der Waals surface area contributed by atoms with Crippen LogP contribution in [-0.4, -0.2) is 38.9 Å². The first-order chi connectivity index (χ1) is 8.18. The van der Waals surface area contributed by atoms with Crippen LogP contribution in [0.2, 0.25) is 0 Å². The van der Waals surface area contributed by atoms with Gasteiger partial charge in [0.15, 0.2) is 0 Å². The van der Waals surface area contributed by atoms with Gasteiger partial charge in [-0.15, -0.1) is 0 Å². The zero-order valence-electron chi connectivity index (χ0n) is 9.95. The number of aromatic nitrogens is 2. The Morgan fingerprint density at radius 1 is 1.56 bits per heavy atom. The monoisotopic (exact) mass is 265 g/mol. The van der Waals surface area contributed by atoms with Crippen LogP contribution in [0, 0.1) is 6.92 Å². The van der Waals surface area contributed by atoms with Crippen molar-refractivity contribution in [2.24, 2.45) is 0 Å². The fourth-order valence-electron chi connectivity index (χ4n) is 1.36. The molecule has 0 saturated heterocycles. The number of rotatable bonds is 5. The lowest BCUT2D eigenvalue weighted by Gasteiger charge is -2.28. The molecule has 1 unspecified atom stereocenters. The molecule has 1 aromatic rings. The van der Waals surface area contributed by atoms with E-state index in [-0.39, 0.29) is 13.1 Å². The number of halogens is 3. The Morgan fingerprint density at radius 2 is 2.17 bits per heavy atom. The molecule has 0 aliphatic rings. The summed E-state index contributed by atoms with van der Waals surface area (Å²) in [7, 11) is 0. The molecule has 0 bridgehead atoms. The molecule has 0 aliphatic heterocycles. The Kier molecular flexibility index (Phi) is 4.00. The Labute approximate surface area is 102 Å². The largest absolute Gasteiger partial charge is 0.480 e. The van der Waals surface area contributed by atoms with Crippen molar-refractivity contribution in [2.45, 2.75) is 32.1 Å². The van der Waals surface area contributed by atoms with E-state index in [0.717, 1.165) is 0 Å². The predicted octanol–water partition coefficient (Wildman–Crippen LogP) is 1.19. The Hall–Kier alpha value is -1.57. The fraction of sp³-hybridized carbons (Fsp3) is 0.600. The topological polar surface area (TPSA) is 67.2 Å². The summed E-state index contributed by atoms with van der Waals surface area (Å²) >= 11 is 0. The molecule has 1 aromatic heterocycles. The summed E-state index contributed by atoms with van der Waals surface area (Å²) in [5.74, 6) is -1.29. The molecule has 18 heavy (non-hydrogen) atoms. The van der Waals surface area contributed by atoms with Crippen molar-refractivity contribution in [3.63, 3.8) is 0 Å². The minimum Gasteiger partial charge on any atom is -0.480 e. The number of carboxylic acid groups (broad SMARTS) is 1. The number of carbonyl (C=O) groups is 1. The van der Waals surface area contributed by atoms with Crippen molar-refractivity contribution in [3.8, 4) is 0 Å². The number of hydrogen-bond donors (Lipinski definition) is 2. The third-order valence-electron chi connectivity index (χ3n) is 2.75. The van der Waals surface area contributed by atoms with Gasteiger partial charge in [0.05, 0.1) is 0 Å². The maximum Gasteiger partial charge on any atom is 0.417 e. The molecule has 1 atom stereocenters. The van der Waals surface area contributed by atoms with Crippen LogP contribution in [0.4, 0.5) is 13.2 Å². The van der Waals surface area contributed by atoms with E-state index in [1.165, 1.54) is 6.20 Å². The summed E-state index contributed by atoms with van der Waals surface area (Å²) < 4.78 is 39.5. The van der Waals surface area contributed by atoms with Gasteiger partial charge in [0.1, 0.15) is 5.82 Å². The molecule has 0 spiro atoms. The van der Waals surface area contributed by atoms with Gasteiger partial charge in [-0.1, -0.05) is 0 Å². The third-order valence-corrected chi connectivity index (χ3v) is 2.75. The highest BCUT2D eigenvalue weighted by Crippen LogP contribution is 2.30. The van der Waals surface area contributed by atoms with Gasteiger partial charge < -0.3 is 9.67 Å². The average Bonchev–Trinajstić information content (AvgIpc) is 2.62. The van der Waals surface area contributed by atoms with Crippen LogP contribution in [0.25, 0.3) is 0 Å². The van der Waals surface area contributed by atoms with Gasteiger partial charge in [0.25, 0.3) is 0 Å². The quantitative estimate of drug-likeness (QED) is 0.839. The van der Waals surface area contributed by atoms with Gasteiger partial charge in [-0.3, -0.25) is 5.32 Å². The first-order valence-corrected chi connectivity index (χ1v) is 5.21. The third kappa shape index (κ3) is 2.81. The highest BCUT2D eigenvalue weighted by molar-refractivity contribution is 5.79. The van der Waals surface area contributed by atoms with E-state index in [0.29, 0.717) is 12.7 Å². The minimum atomic E-state index is -4.86. The highest BCUT2D eigenvalue weighted by Gasteiger charge is 2.56. The number of imidazole rings is 1. The number of aliphatic carboxylic acids is 1. The van der Waals surface area contributed by atoms with E-state index in [2.05, 4.69) is 4.98 Å². The molecule has 0 saturated carbocycles. The molecule has 0 amide bonds. The van der Waals surface area contributed by atoms with Gasteiger partial charge in [0, 0.05) is 25.5 Å². The Morgan fingerprint density at radius 3 is 2.56 bits per heavy atom. The molecule has 8 heteroatoms. The number of alkyl halides is 3. The summed E-state index contributed by atoms with van der Waals surface area (Å²) in [4.78, 5) is 14.6. The number of carboxylic acids is 1. The van der Waals surface area contributed by atoms with E-state index < -0.39 is 17.7 Å². The van der Waals surface area contributed by atoms with Crippen molar-refractivity contribution in [1.82, 2.24) is 14.9 Å². The lowest BCUT2D eigenvalue weighted by Crippen LogP contribution is -2.60. The first kappa shape index (κ1) is 14.5. The number of hydrogen-bond acceptors (Lipinski definition) is 3. The van der Waals surface area contributed by atoms with Gasteiger partial charge >= 0.3 is 12.1 Å². The van der Waals surface area contributed by atoms with E-state index in [1.807, 2.05) is 5.32 Å². The second-order valence-electron chi connectivity index (χ2n) is 4.02. The molecular formula is C10H14F3N3O2. The molecule has 2 N–H and O–H groups in total. The summed E-state index contributed by atoms with van der Waals surface area (Å²) in [6, 6.07) is 0. The average molecular weight is 265 g/mol. The molecule has 1 heterocycles. The molecular weight excluding hydrogens is 251 g/mol. The van der Waals surface area contributed by atoms with Crippen molar-refractivity contribution >= 4 is 5.97 Å². The molecule has 0 aliphatic carbocycles. The maximum absolute atomic E-state index is 12.6. The zero-order valence-corrected chi connectivity index (χ0v) is 9.95. The smallest absolute Gasteiger partial charge is 0.417 e. The van der Waals surface area contributed by atoms with E-state index in [9.17, 15) is 18.0 Å². The van der Waals surface area contributed by atoms with E-state index in [1.54, 1.807) is 17.7 Å². The normalized spacial score (nSPS) is 15.4. The molecule has 0 radical (unpaired) electrons. The van der Waals surface area contributed by atoms with Crippen LogP contribution < -0.4 is 5.32 Å². The lowest BCUT2D eigenvalue weighted by atomic mass is 10.0. The second-order valence-corrected chi connectivity index (χ2v) is 4.02. The summed E-state index contributed by atoms with van der Waals surface area (Å²) in [5.41, 5.74) is -2.94. The van der Waals surface area contributed by atoms with Gasteiger partial charge in [-0.05, 0) is 13.8 Å². The first-order valence-electron chi connectivity index (χ1n) is 5.21. The second kappa shape index (κ2) is 4.97. The van der Waals surface area contributed by atoms with Crippen LogP contribution in [0.5, 0.6) is 0 Å². The van der Waals surface area contributed by atoms with Crippen molar-refractivity contribution < 1.29 is 23.1 Å². The van der Waals surface area contributed by atoms with Crippen LogP contribution in [0.15, 0.2) is 12.4 Å². The lowest BCUT2D eigenvalue weighted by molar-refractivity contribution is -0.205. The number of nitrogens with zero attached hydrogens (tertiary/aromatic N) is 2. The maximum atomic E-state index is 12.6. The van der Waals surface area contributed by atoms with E-state index in [4.69, 9.17) is 5.11 Å². The summed E-state index contributed by atoms with van der Waals surface area (Å²) in [5, 5.41) is 10.7. The number of aryl methyl sites for hydroxylation is 1. The van der Waals surface area contributed by atoms with Crippen LogP contribution in [0.3, 0.4) is 0 Å². The van der Waals surface area contributed by atoms with Crippen molar-refractivity contribution in [3.05, 3.63) is 18.2 Å². The molecule has 102 valence electrons. The Balaban J connectivity index is 2.65. The summed E-state index contributed by atoms with van der Waals surface area (Å²) in [6.45, 7) is 2.40. The van der Waals surface area contributed by atoms with Gasteiger partial charge in [-0.2, -0.15) is 13.2 Å². The van der Waals surface area contributed by atoms with Crippen molar-refractivity contribution in [1.29, 1.82) is 0 Å². The van der Waals surface area contributed by atoms with E-state index >= 15 is 0 Å². The molecule has 1 rings (SSSR count). The SMILES string of the molecule is Cc1nccn1CCNC(C)(C(=O)O)C(F)(F)F. The van der Waals surface area contributed by atoms with Crippen LogP contribution in [-0.2, 0) is 11.3 Å². The van der Waals surface area contributed by atoms with Crippen LogP contribution in [0.1, 0.15) is 12.7 Å². The number of nitrogens with one attached hydrogen (secondary N) is 1. The fourth-order valence-corrected chi connectivity index (χ4v) is 1.36. The predicted molar refractivity (Wildman–Crippen MR) is 57.1 cm³/mol. The zero-order chi connectivity index (χ0) is 14.0. The Bertz CT molecular complexity index is 430.